The molecule has 0 fully saturated rings. The number of nitrogens with zero attached hydrogens (tertiary/aromatic N) is 1. The summed E-state index contributed by atoms with van der Waals surface area (Å²) in [5.41, 5.74) is 0.498. The van der Waals surface area contributed by atoms with E-state index in [2.05, 4.69) is 0 Å². The highest BCUT2D eigenvalue weighted by atomic mass is 32.2. The van der Waals surface area contributed by atoms with Crippen molar-refractivity contribution in [1.29, 1.82) is 0 Å². The van der Waals surface area contributed by atoms with Crippen molar-refractivity contribution >= 4 is 33.4 Å². The van der Waals surface area contributed by atoms with E-state index in [0.717, 1.165) is 15.6 Å². The van der Waals surface area contributed by atoms with E-state index in [0.29, 0.717) is 12.2 Å². The van der Waals surface area contributed by atoms with Gasteiger partial charge in [0.25, 0.3) is 10.0 Å². The fourth-order valence-electron chi connectivity index (χ4n) is 2.26. The van der Waals surface area contributed by atoms with Crippen LogP contribution in [0, 0.1) is 0 Å². The molecule has 2 rings (SSSR count). The SMILES string of the molecule is CCOC(=O)C1=Cc2ccsc2S(=O)(=O)N1CCOC(C)OCC. The lowest BCUT2D eigenvalue weighted by molar-refractivity contribution is -0.140. The summed E-state index contributed by atoms with van der Waals surface area (Å²) in [5.74, 6) is -0.671. The monoisotopic (exact) mass is 375 g/mol. The fourth-order valence-corrected chi connectivity index (χ4v) is 5.11. The Morgan fingerprint density at radius 1 is 1.29 bits per heavy atom. The van der Waals surface area contributed by atoms with Crippen LogP contribution in [0.4, 0.5) is 0 Å². The van der Waals surface area contributed by atoms with Gasteiger partial charge < -0.3 is 14.2 Å². The maximum atomic E-state index is 12.8. The Hall–Kier alpha value is -1.42. The van der Waals surface area contributed by atoms with Crippen molar-refractivity contribution < 1.29 is 27.4 Å². The van der Waals surface area contributed by atoms with Gasteiger partial charge in [-0.05, 0) is 38.3 Å². The largest absolute Gasteiger partial charge is 0.461 e. The zero-order valence-corrected chi connectivity index (χ0v) is 15.5. The Kier molecular flexibility index (Phi) is 6.39. The van der Waals surface area contributed by atoms with Crippen molar-refractivity contribution in [3.8, 4) is 0 Å². The molecule has 1 aliphatic heterocycles. The first kappa shape index (κ1) is 18.9. The quantitative estimate of drug-likeness (QED) is 0.511. The Morgan fingerprint density at radius 3 is 2.71 bits per heavy atom. The van der Waals surface area contributed by atoms with Crippen molar-refractivity contribution in [2.24, 2.45) is 0 Å². The molecule has 0 N–H and O–H groups in total. The van der Waals surface area contributed by atoms with E-state index >= 15 is 0 Å². The first-order valence-corrected chi connectivity index (χ1v) is 9.96. The summed E-state index contributed by atoms with van der Waals surface area (Å²) < 4.78 is 42.5. The molecule has 1 unspecified atom stereocenters. The van der Waals surface area contributed by atoms with Gasteiger partial charge in [-0.15, -0.1) is 11.3 Å². The number of carbonyl (C=O) groups excluding carboxylic acids is 1. The minimum atomic E-state index is -3.80. The maximum Gasteiger partial charge on any atom is 0.355 e. The first-order chi connectivity index (χ1) is 11.4. The second-order valence-corrected chi connectivity index (χ2v) is 7.86. The van der Waals surface area contributed by atoms with Crippen LogP contribution in [0.25, 0.3) is 6.08 Å². The number of rotatable bonds is 8. The number of sulfonamides is 1. The van der Waals surface area contributed by atoms with Gasteiger partial charge in [0.2, 0.25) is 0 Å². The van der Waals surface area contributed by atoms with Crippen LogP contribution in [0.5, 0.6) is 0 Å². The topological polar surface area (TPSA) is 82.1 Å². The Morgan fingerprint density at radius 2 is 2.04 bits per heavy atom. The van der Waals surface area contributed by atoms with Crippen molar-refractivity contribution in [2.75, 3.05) is 26.4 Å². The Balaban J connectivity index is 2.23. The van der Waals surface area contributed by atoms with Crippen molar-refractivity contribution in [1.82, 2.24) is 4.31 Å². The lowest BCUT2D eigenvalue weighted by Crippen LogP contribution is -2.39. The maximum absolute atomic E-state index is 12.8. The standard InChI is InChI=1S/C15H21NO6S2/c1-4-20-11(3)22-8-7-16-13(14(17)21-5-2)10-12-6-9-23-15(12)24(16,18)19/h6,9-11H,4-5,7-8H2,1-3H3. The summed E-state index contributed by atoms with van der Waals surface area (Å²) in [6.07, 6.45) is 1.09. The van der Waals surface area contributed by atoms with Gasteiger partial charge in [-0.1, -0.05) is 0 Å². The molecule has 0 radical (unpaired) electrons. The molecule has 0 saturated carbocycles. The molecule has 1 atom stereocenters. The van der Waals surface area contributed by atoms with Crippen LogP contribution in [0.15, 0.2) is 21.4 Å². The Labute approximate surface area is 145 Å². The fraction of sp³-hybridized carbons (Fsp3) is 0.533. The van der Waals surface area contributed by atoms with Gasteiger partial charge in [0, 0.05) is 12.2 Å². The zero-order valence-electron chi connectivity index (χ0n) is 13.9. The second-order valence-electron chi connectivity index (χ2n) is 4.88. The summed E-state index contributed by atoms with van der Waals surface area (Å²) in [6, 6.07) is 1.67. The highest BCUT2D eigenvalue weighted by Gasteiger charge is 2.37. The van der Waals surface area contributed by atoms with Gasteiger partial charge in [-0.2, -0.15) is 0 Å². The predicted molar refractivity (Wildman–Crippen MR) is 89.9 cm³/mol. The summed E-state index contributed by atoms with van der Waals surface area (Å²) in [5, 5.41) is 1.68. The molecule has 24 heavy (non-hydrogen) atoms. The van der Waals surface area contributed by atoms with Crippen LogP contribution in [-0.2, 0) is 29.0 Å². The third kappa shape index (κ3) is 3.97. The van der Waals surface area contributed by atoms with Crippen LogP contribution in [-0.4, -0.2) is 51.3 Å². The minimum Gasteiger partial charge on any atom is -0.461 e. The molecule has 0 aromatic carbocycles. The molecular formula is C15H21NO6S2. The number of carbonyl (C=O) groups is 1. The van der Waals surface area contributed by atoms with Crippen LogP contribution < -0.4 is 0 Å². The molecule has 7 nitrogen and oxygen atoms in total. The first-order valence-electron chi connectivity index (χ1n) is 7.64. The van der Waals surface area contributed by atoms with Gasteiger partial charge >= 0.3 is 5.97 Å². The average molecular weight is 375 g/mol. The summed E-state index contributed by atoms with van der Waals surface area (Å²) in [6.45, 7) is 6.00. The highest BCUT2D eigenvalue weighted by Crippen LogP contribution is 2.35. The zero-order chi connectivity index (χ0) is 17.7. The molecule has 0 saturated heterocycles. The van der Waals surface area contributed by atoms with Crippen LogP contribution in [0.2, 0.25) is 0 Å². The van der Waals surface area contributed by atoms with E-state index in [1.54, 1.807) is 25.3 Å². The average Bonchev–Trinajstić information content (AvgIpc) is 2.99. The summed E-state index contributed by atoms with van der Waals surface area (Å²) in [7, 11) is -3.80. The molecule has 0 bridgehead atoms. The minimum absolute atomic E-state index is 0.00172. The van der Waals surface area contributed by atoms with Crippen molar-refractivity contribution in [3.05, 3.63) is 22.7 Å². The molecular weight excluding hydrogens is 354 g/mol. The smallest absolute Gasteiger partial charge is 0.355 e. The number of thiophene rings is 1. The van der Waals surface area contributed by atoms with Gasteiger partial charge in [0.15, 0.2) is 6.29 Å². The molecule has 1 aromatic heterocycles. The second kappa shape index (κ2) is 8.11. The Bertz CT molecular complexity index is 709. The predicted octanol–water partition coefficient (Wildman–Crippen LogP) is 2.06. The molecule has 0 amide bonds. The van der Waals surface area contributed by atoms with Gasteiger partial charge in [0.05, 0.1) is 19.8 Å². The van der Waals surface area contributed by atoms with Gasteiger partial charge in [-0.25, -0.2) is 13.2 Å². The third-order valence-corrected chi connectivity index (χ3v) is 6.58. The normalized spacial score (nSPS) is 17.1. The van der Waals surface area contributed by atoms with E-state index in [1.165, 1.54) is 6.08 Å². The molecule has 1 aromatic rings. The van der Waals surface area contributed by atoms with Crippen molar-refractivity contribution in [3.63, 3.8) is 0 Å². The van der Waals surface area contributed by atoms with Gasteiger partial charge in [0.1, 0.15) is 9.91 Å². The van der Waals surface area contributed by atoms with E-state index in [1.807, 2.05) is 6.92 Å². The number of hydrogen-bond acceptors (Lipinski definition) is 7. The van der Waals surface area contributed by atoms with Crippen molar-refractivity contribution in [2.45, 2.75) is 31.3 Å². The van der Waals surface area contributed by atoms with Crippen LogP contribution in [0.3, 0.4) is 0 Å². The number of esters is 1. The van der Waals surface area contributed by atoms with E-state index in [9.17, 15) is 13.2 Å². The molecule has 0 aliphatic carbocycles. The molecule has 0 spiro atoms. The number of hydrogen-bond donors (Lipinski definition) is 0. The van der Waals surface area contributed by atoms with E-state index in [4.69, 9.17) is 14.2 Å². The third-order valence-electron chi connectivity index (χ3n) is 3.28. The van der Waals surface area contributed by atoms with E-state index in [-0.39, 0.29) is 29.7 Å². The highest BCUT2D eigenvalue weighted by molar-refractivity contribution is 7.91. The molecule has 9 heteroatoms. The number of ether oxygens (including phenoxy) is 3. The molecule has 2 heterocycles. The summed E-state index contributed by atoms with van der Waals surface area (Å²) in [4.78, 5) is 12.2. The number of fused-ring (bicyclic) bond motifs is 1. The molecule has 1 aliphatic rings. The molecule has 134 valence electrons. The van der Waals surface area contributed by atoms with E-state index < -0.39 is 22.3 Å². The summed E-state index contributed by atoms with van der Waals surface area (Å²) >= 11 is 1.12. The lowest BCUT2D eigenvalue weighted by atomic mass is 10.2. The van der Waals surface area contributed by atoms with Crippen LogP contribution >= 0.6 is 11.3 Å². The lowest BCUT2D eigenvalue weighted by Gasteiger charge is -2.28. The van der Waals surface area contributed by atoms with Gasteiger partial charge in [-0.3, -0.25) is 4.31 Å². The van der Waals surface area contributed by atoms with Crippen LogP contribution in [0.1, 0.15) is 26.3 Å².